The number of thiophene rings is 1. The molecule has 26 heavy (non-hydrogen) atoms. The van der Waals surface area contributed by atoms with Crippen LogP contribution in [0.3, 0.4) is 0 Å². The number of hydrogen-bond donors (Lipinski definition) is 1. The van der Waals surface area contributed by atoms with Gasteiger partial charge in [0.2, 0.25) is 0 Å². The van der Waals surface area contributed by atoms with Crippen LogP contribution >= 0.6 is 11.3 Å². The van der Waals surface area contributed by atoms with Crippen molar-refractivity contribution in [3.63, 3.8) is 0 Å². The molecule has 1 heterocycles. The minimum atomic E-state index is -0.433. The van der Waals surface area contributed by atoms with Crippen LogP contribution in [-0.4, -0.2) is 25.1 Å². The van der Waals surface area contributed by atoms with Crippen LogP contribution in [0.4, 0.5) is 5.69 Å². The summed E-state index contributed by atoms with van der Waals surface area (Å²) in [5.41, 5.74) is 1.03. The van der Waals surface area contributed by atoms with Gasteiger partial charge in [0.25, 0.3) is 5.91 Å². The molecule has 0 unspecified atom stereocenters. The number of hydrogen-bond acceptors (Lipinski definition) is 5. The molecule has 0 aliphatic heterocycles. The highest BCUT2D eigenvalue weighted by Crippen LogP contribution is 2.15. The standard InChI is InChI=1S/C20H17NO4S/c22-19(18-7-4-14-26-18)21-16-10-8-15(9-11-16)20(23)25-13-12-24-17-5-2-1-3-6-17/h1-11,14H,12-13H2,(H,21,22). The van der Waals surface area contributed by atoms with Crippen LogP contribution in [0.1, 0.15) is 20.0 Å². The number of rotatable bonds is 7. The van der Waals surface area contributed by atoms with E-state index in [-0.39, 0.29) is 19.1 Å². The molecule has 132 valence electrons. The lowest BCUT2D eigenvalue weighted by Crippen LogP contribution is -2.13. The molecule has 0 radical (unpaired) electrons. The van der Waals surface area contributed by atoms with E-state index in [1.807, 2.05) is 41.8 Å². The number of amides is 1. The van der Waals surface area contributed by atoms with Gasteiger partial charge in [-0.15, -0.1) is 11.3 Å². The average molecular weight is 367 g/mol. The van der Waals surface area contributed by atoms with Crippen molar-refractivity contribution in [2.75, 3.05) is 18.5 Å². The molecular weight excluding hydrogens is 350 g/mol. The maximum atomic E-state index is 12.0. The Morgan fingerprint density at radius 3 is 2.35 bits per heavy atom. The van der Waals surface area contributed by atoms with Gasteiger partial charge in [-0.1, -0.05) is 24.3 Å². The Morgan fingerprint density at radius 1 is 0.885 bits per heavy atom. The number of carbonyl (C=O) groups excluding carboxylic acids is 2. The zero-order chi connectivity index (χ0) is 18.2. The molecule has 2 aromatic carbocycles. The number of anilines is 1. The Bertz CT molecular complexity index is 845. The summed E-state index contributed by atoms with van der Waals surface area (Å²) >= 11 is 1.37. The van der Waals surface area contributed by atoms with Crippen LogP contribution in [0.15, 0.2) is 72.1 Å². The van der Waals surface area contributed by atoms with Gasteiger partial charge in [-0.05, 0) is 47.8 Å². The summed E-state index contributed by atoms with van der Waals surface area (Å²) in [6, 6.07) is 19.5. The summed E-state index contributed by atoms with van der Waals surface area (Å²) in [5, 5.41) is 4.62. The van der Waals surface area contributed by atoms with Crippen LogP contribution < -0.4 is 10.1 Å². The van der Waals surface area contributed by atoms with Gasteiger partial charge in [0.1, 0.15) is 19.0 Å². The summed E-state index contributed by atoms with van der Waals surface area (Å²) in [5.74, 6) is 0.126. The first-order chi connectivity index (χ1) is 12.7. The topological polar surface area (TPSA) is 64.6 Å². The molecule has 5 nitrogen and oxygen atoms in total. The Hall–Kier alpha value is -3.12. The predicted octanol–water partition coefficient (Wildman–Crippen LogP) is 4.24. The predicted molar refractivity (Wildman–Crippen MR) is 101 cm³/mol. The molecule has 0 saturated heterocycles. The maximum absolute atomic E-state index is 12.0. The van der Waals surface area contributed by atoms with Gasteiger partial charge >= 0.3 is 5.97 Å². The monoisotopic (exact) mass is 367 g/mol. The first-order valence-electron chi connectivity index (χ1n) is 8.02. The van der Waals surface area contributed by atoms with Gasteiger partial charge in [-0.25, -0.2) is 4.79 Å². The molecule has 0 fully saturated rings. The van der Waals surface area contributed by atoms with Crippen molar-refractivity contribution in [1.82, 2.24) is 0 Å². The summed E-state index contributed by atoms with van der Waals surface area (Å²) < 4.78 is 10.6. The van der Waals surface area contributed by atoms with Crippen molar-refractivity contribution >= 4 is 28.9 Å². The lowest BCUT2D eigenvalue weighted by Gasteiger charge is -2.08. The van der Waals surface area contributed by atoms with Crippen molar-refractivity contribution in [2.45, 2.75) is 0 Å². The van der Waals surface area contributed by atoms with E-state index in [4.69, 9.17) is 9.47 Å². The van der Waals surface area contributed by atoms with Crippen molar-refractivity contribution < 1.29 is 19.1 Å². The molecule has 1 aromatic heterocycles. The lowest BCUT2D eigenvalue weighted by molar-refractivity contribution is 0.0450. The third kappa shape index (κ3) is 4.94. The van der Waals surface area contributed by atoms with Crippen molar-refractivity contribution in [3.05, 3.63) is 82.6 Å². The Balaban J connectivity index is 1.45. The SMILES string of the molecule is O=C(OCCOc1ccccc1)c1ccc(NC(=O)c2cccs2)cc1. The summed E-state index contributed by atoms with van der Waals surface area (Å²) in [7, 11) is 0. The van der Waals surface area contributed by atoms with E-state index >= 15 is 0 Å². The highest BCUT2D eigenvalue weighted by atomic mass is 32.1. The Labute approximate surface area is 155 Å². The van der Waals surface area contributed by atoms with Crippen molar-refractivity contribution in [3.8, 4) is 5.75 Å². The van der Waals surface area contributed by atoms with Gasteiger partial charge in [0.05, 0.1) is 10.4 Å². The first kappa shape index (κ1) is 17.7. The molecule has 6 heteroatoms. The van der Waals surface area contributed by atoms with Gasteiger partial charge < -0.3 is 14.8 Å². The van der Waals surface area contributed by atoms with E-state index in [2.05, 4.69) is 5.32 Å². The van der Waals surface area contributed by atoms with Gasteiger partial charge in [-0.3, -0.25) is 4.79 Å². The number of ether oxygens (including phenoxy) is 2. The molecule has 0 bridgehead atoms. The normalized spacial score (nSPS) is 10.2. The minimum Gasteiger partial charge on any atom is -0.490 e. The number of benzene rings is 2. The van der Waals surface area contributed by atoms with Crippen molar-refractivity contribution in [2.24, 2.45) is 0 Å². The fourth-order valence-electron chi connectivity index (χ4n) is 2.18. The highest BCUT2D eigenvalue weighted by molar-refractivity contribution is 7.12. The smallest absolute Gasteiger partial charge is 0.338 e. The van der Waals surface area contributed by atoms with E-state index in [0.29, 0.717) is 16.1 Å². The maximum Gasteiger partial charge on any atom is 0.338 e. The van der Waals surface area contributed by atoms with Gasteiger partial charge in [-0.2, -0.15) is 0 Å². The number of nitrogens with one attached hydrogen (secondary N) is 1. The van der Waals surface area contributed by atoms with Gasteiger partial charge in [0.15, 0.2) is 0 Å². The highest BCUT2D eigenvalue weighted by Gasteiger charge is 2.09. The quantitative estimate of drug-likeness (QED) is 0.501. The molecule has 0 spiro atoms. The fourth-order valence-corrected chi connectivity index (χ4v) is 2.80. The minimum absolute atomic E-state index is 0.157. The summed E-state index contributed by atoms with van der Waals surface area (Å²) in [6.45, 7) is 0.440. The van der Waals surface area contributed by atoms with E-state index in [0.717, 1.165) is 5.75 Å². The van der Waals surface area contributed by atoms with Gasteiger partial charge in [0, 0.05) is 5.69 Å². The van der Waals surface area contributed by atoms with E-state index in [1.54, 1.807) is 30.3 Å². The Kier molecular flexibility index (Phi) is 6.01. The van der Waals surface area contributed by atoms with Crippen molar-refractivity contribution in [1.29, 1.82) is 0 Å². The van der Waals surface area contributed by atoms with Crippen LogP contribution in [0, 0.1) is 0 Å². The Morgan fingerprint density at radius 2 is 1.65 bits per heavy atom. The van der Waals surface area contributed by atoms with E-state index in [9.17, 15) is 9.59 Å². The second-order valence-electron chi connectivity index (χ2n) is 5.31. The molecule has 1 N–H and O–H groups in total. The largest absolute Gasteiger partial charge is 0.490 e. The second kappa shape index (κ2) is 8.82. The zero-order valence-corrected chi connectivity index (χ0v) is 14.7. The molecule has 0 atom stereocenters. The molecule has 3 aromatic rings. The van der Waals surface area contributed by atoms with Crippen LogP contribution in [0.25, 0.3) is 0 Å². The van der Waals surface area contributed by atoms with E-state index in [1.165, 1.54) is 11.3 Å². The average Bonchev–Trinajstić information content (AvgIpc) is 3.21. The van der Waals surface area contributed by atoms with E-state index < -0.39 is 5.97 Å². The van der Waals surface area contributed by atoms with Crippen LogP contribution in [-0.2, 0) is 4.74 Å². The molecule has 0 aliphatic carbocycles. The lowest BCUT2D eigenvalue weighted by atomic mass is 10.2. The third-order valence-corrected chi connectivity index (χ3v) is 4.32. The molecular formula is C20H17NO4S. The summed E-state index contributed by atoms with van der Waals surface area (Å²) in [6.07, 6.45) is 0. The molecule has 1 amide bonds. The number of esters is 1. The summed E-state index contributed by atoms with van der Waals surface area (Å²) in [4.78, 5) is 24.6. The number of carbonyl (C=O) groups is 2. The van der Waals surface area contributed by atoms with Crippen LogP contribution in [0.5, 0.6) is 5.75 Å². The first-order valence-corrected chi connectivity index (χ1v) is 8.90. The second-order valence-corrected chi connectivity index (χ2v) is 6.25. The third-order valence-electron chi connectivity index (χ3n) is 3.45. The number of para-hydroxylation sites is 1. The zero-order valence-electron chi connectivity index (χ0n) is 13.9. The fraction of sp³-hybridized carbons (Fsp3) is 0.100. The molecule has 0 aliphatic rings. The molecule has 3 rings (SSSR count). The van der Waals surface area contributed by atoms with Crippen LogP contribution in [0.2, 0.25) is 0 Å². The molecule has 0 saturated carbocycles.